The van der Waals surface area contributed by atoms with Crippen molar-refractivity contribution in [2.75, 3.05) is 5.32 Å². The highest BCUT2D eigenvalue weighted by molar-refractivity contribution is 7.17. The first-order valence-electron chi connectivity index (χ1n) is 8.21. The Kier molecular flexibility index (Phi) is 4.05. The van der Waals surface area contributed by atoms with Gasteiger partial charge in [-0.05, 0) is 55.0 Å². The Morgan fingerprint density at radius 3 is 2.56 bits per heavy atom. The lowest BCUT2D eigenvalue weighted by atomic mass is 9.87. The van der Waals surface area contributed by atoms with Crippen molar-refractivity contribution in [1.29, 1.82) is 0 Å². The minimum absolute atomic E-state index is 0.188. The lowest BCUT2D eigenvalue weighted by molar-refractivity contribution is 0.0997. The smallest absolute Gasteiger partial charge is 0.291 e. The molecule has 1 atom stereocenters. The first-order chi connectivity index (χ1) is 12.1. The number of rotatable bonds is 4. The van der Waals surface area contributed by atoms with Crippen molar-refractivity contribution in [2.24, 2.45) is 5.92 Å². The highest BCUT2D eigenvalue weighted by Gasteiger charge is 2.30. The lowest BCUT2D eigenvalue weighted by Crippen LogP contribution is -2.15. The predicted molar refractivity (Wildman–Crippen MR) is 94.3 cm³/mol. The second kappa shape index (κ2) is 6.37. The number of furan rings is 2. The van der Waals surface area contributed by atoms with Crippen LogP contribution in [-0.4, -0.2) is 11.7 Å². The van der Waals surface area contributed by atoms with Crippen molar-refractivity contribution in [3.8, 4) is 0 Å². The Morgan fingerprint density at radius 2 is 1.88 bits per heavy atom. The van der Waals surface area contributed by atoms with Crippen LogP contribution in [0, 0.1) is 5.92 Å². The third kappa shape index (κ3) is 2.93. The van der Waals surface area contributed by atoms with Gasteiger partial charge in [0.15, 0.2) is 11.5 Å². The van der Waals surface area contributed by atoms with E-state index in [2.05, 4.69) is 12.2 Å². The Morgan fingerprint density at radius 1 is 1.16 bits per heavy atom. The van der Waals surface area contributed by atoms with Crippen molar-refractivity contribution < 1.29 is 18.4 Å². The molecule has 0 spiro atoms. The molecule has 25 heavy (non-hydrogen) atoms. The molecule has 0 aromatic carbocycles. The summed E-state index contributed by atoms with van der Waals surface area (Å²) in [5.74, 6) is 0.534. The van der Waals surface area contributed by atoms with E-state index in [1.165, 1.54) is 28.7 Å². The van der Waals surface area contributed by atoms with Crippen molar-refractivity contribution in [1.82, 2.24) is 0 Å². The number of nitrogens with one attached hydrogen (secondary N) is 1. The fourth-order valence-electron chi connectivity index (χ4n) is 3.18. The van der Waals surface area contributed by atoms with Gasteiger partial charge in [0.25, 0.3) is 5.91 Å². The van der Waals surface area contributed by atoms with E-state index in [0.717, 1.165) is 24.8 Å². The normalized spacial score (nSPS) is 16.4. The zero-order valence-electron chi connectivity index (χ0n) is 13.7. The summed E-state index contributed by atoms with van der Waals surface area (Å²) in [4.78, 5) is 26.5. The fourth-order valence-corrected chi connectivity index (χ4v) is 4.59. The largest absolute Gasteiger partial charge is 0.461 e. The van der Waals surface area contributed by atoms with E-state index in [1.807, 2.05) is 0 Å². The van der Waals surface area contributed by atoms with Crippen LogP contribution < -0.4 is 5.32 Å². The van der Waals surface area contributed by atoms with Crippen LogP contribution in [0.5, 0.6) is 0 Å². The van der Waals surface area contributed by atoms with Crippen LogP contribution in [0.15, 0.2) is 45.6 Å². The molecule has 3 heterocycles. The quantitative estimate of drug-likeness (QED) is 0.697. The summed E-state index contributed by atoms with van der Waals surface area (Å²) < 4.78 is 10.4. The van der Waals surface area contributed by atoms with Crippen LogP contribution in [-0.2, 0) is 12.8 Å². The van der Waals surface area contributed by atoms with E-state index in [-0.39, 0.29) is 23.2 Å². The number of carbonyl (C=O) groups is 2. The third-order valence-electron chi connectivity index (χ3n) is 4.46. The molecule has 0 saturated heterocycles. The van der Waals surface area contributed by atoms with Crippen molar-refractivity contribution in [2.45, 2.75) is 26.2 Å². The summed E-state index contributed by atoms with van der Waals surface area (Å²) in [5.41, 5.74) is 1.60. The highest BCUT2D eigenvalue weighted by Crippen LogP contribution is 2.41. The summed E-state index contributed by atoms with van der Waals surface area (Å²) in [7, 11) is 0. The molecular formula is C19H17NO4S. The number of carbonyl (C=O) groups excluding carboxylic acids is 2. The molecule has 0 aliphatic heterocycles. The summed E-state index contributed by atoms with van der Waals surface area (Å²) >= 11 is 1.48. The first kappa shape index (κ1) is 15.9. The van der Waals surface area contributed by atoms with Crippen LogP contribution in [0.2, 0.25) is 0 Å². The molecule has 6 heteroatoms. The number of ketones is 1. The molecule has 3 aromatic rings. The highest BCUT2D eigenvalue weighted by atomic mass is 32.1. The Hall–Kier alpha value is -2.60. The van der Waals surface area contributed by atoms with Gasteiger partial charge in [-0.2, -0.15) is 0 Å². The minimum Gasteiger partial charge on any atom is -0.461 e. The monoisotopic (exact) mass is 355 g/mol. The second-order valence-corrected chi connectivity index (χ2v) is 7.40. The van der Waals surface area contributed by atoms with E-state index in [4.69, 9.17) is 8.83 Å². The van der Waals surface area contributed by atoms with E-state index in [9.17, 15) is 9.59 Å². The van der Waals surface area contributed by atoms with Gasteiger partial charge >= 0.3 is 0 Å². The molecule has 1 amide bonds. The van der Waals surface area contributed by atoms with Crippen LogP contribution in [0.25, 0.3) is 0 Å². The van der Waals surface area contributed by atoms with E-state index in [0.29, 0.717) is 16.5 Å². The van der Waals surface area contributed by atoms with E-state index in [1.54, 1.807) is 24.3 Å². The molecule has 1 unspecified atom stereocenters. The number of amides is 1. The molecule has 1 aliphatic rings. The number of fused-ring (bicyclic) bond motifs is 1. The molecule has 0 fully saturated rings. The average molecular weight is 355 g/mol. The molecule has 128 valence electrons. The molecule has 5 nitrogen and oxygen atoms in total. The topological polar surface area (TPSA) is 72.5 Å². The standard InChI is InChI=1S/C19H17NO4S/c1-11-6-7-12-15(10-11)25-19(20-18(22)14-5-3-9-24-14)16(12)17(21)13-4-2-8-23-13/h2-5,8-9,11H,6-7,10H2,1H3,(H,20,22). The van der Waals surface area contributed by atoms with Crippen LogP contribution in [0.1, 0.15) is 50.5 Å². The van der Waals surface area contributed by atoms with Crippen LogP contribution >= 0.6 is 11.3 Å². The van der Waals surface area contributed by atoms with Crippen molar-refractivity contribution >= 4 is 28.0 Å². The van der Waals surface area contributed by atoms with Gasteiger partial charge in [-0.1, -0.05) is 6.92 Å². The zero-order chi connectivity index (χ0) is 17.4. The van der Waals surface area contributed by atoms with Gasteiger partial charge in [-0.15, -0.1) is 11.3 Å². The van der Waals surface area contributed by atoms with E-state index < -0.39 is 0 Å². The predicted octanol–water partition coefficient (Wildman–Crippen LogP) is 4.54. The molecule has 4 rings (SSSR count). The maximum absolute atomic E-state index is 12.9. The summed E-state index contributed by atoms with van der Waals surface area (Å²) in [6, 6.07) is 6.59. The SMILES string of the molecule is CC1CCc2c(sc(NC(=O)c3ccco3)c2C(=O)c2ccco2)C1. The summed E-state index contributed by atoms with van der Waals surface area (Å²) in [6.07, 6.45) is 5.73. The van der Waals surface area contributed by atoms with Gasteiger partial charge in [-0.25, -0.2) is 0 Å². The number of hydrogen-bond donors (Lipinski definition) is 1. The Labute approximate surface area is 148 Å². The lowest BCUT2D eigenvalue weighted by Gasteiger charge is -2.18. The molecule has 1 N–H and O–H groups in total. The number of hydrogen-bond acceptors (Lipinski definition) is 5. The minimum atomic E-state index is -0.356. The molecule has 0 bridgehead atoms. The molecule has 0 radical (unpaired) electrons. The first-order valence-corrected chi connectivity index (χ1v) is 9.02. The van der Waals surface area contributed by atoms with Crippen molar-refractivity contribution in [3.05, 3.63) is 64.3 Å². The maximum Gasteiger partial charge on any atom is 0.291 e. The number of thiophene rings is 1. The van der Waals surface area contributed by atoms with Gasteiger partial charge in [0, 0.05) is 4.88 Å². The average Bonchev–Trinajstić information content (AvgIpc) is 3.34. The molecule has 1 aliphatic carbocycles. The van der Waals surface area contributed by atoms with E-state index >= 15 is 0 Å². The molecule has 0 saturated carbocycles. The Balaban J connectivity index is 1.75. The van der Waals surface area contributed by atoms with Crippen molar-refractivity contribution in [3.63, 3.8) is 0 Å². The third-order valence-corrected chi connectivity index (χ3v) is 5.63. The van der Waals surface area contributed by atoms with Gasteiger partial charge in [0.05, 0.1) is 18.1 Å². The zero-order valence-corrected chi connectivity index (χ0v) is 14.5. The summed E-state index contributed by atoms with van der Waals surface area (Å²) in [6.45, 7) is 2.21. The van der Waals surface area contributed by atoms with Crippen LogP contribution in [0.3, 0.4) is 0 Å². The van der Waals surface area contributed by atoms with Gasteiger partial charge in [0.1, 0.15) is 5.00 Å². The summed E-state index contributed by atoms with van der Waals surface area (Å²) in [5, 5.41) is 3.42. The Bertz CT molecular complexity index is 906. The fraction of sp³-hybridized carbons (Fsp3) is 0.263. The van der Waals surface area contributed by atoms with Crippen LogP contribution in [0.4, 0.5) is 5.00 Å². The number of anilines is 1. The van der Waals surface area contributed by atoms with Gasteiger partial charge < -0.3 is 14.2 Å². The van der Waals surface area contributed by atoms with Gasteiger partial charge in [0.2, 0.25) is 5.78 Å². The molecular weight excluding hydrogens is 338 g/mol. The molecule has 3 aromatic heterocycles. The maximum atomic E-state index is 12.9. The van der Waals surface area contributed by atoms with Gasteiger partial charge in [-0.3, -0.25) is 9.59 Å². The second-order valence-electron chi connectivity index (χ2n) is 6.29.